The van der Waals surface area contributed by atoms with Gasteiger partial charge in [-0.3, -0.25) is 9.59 Å². The van der Waals surface area contributed by atoms with Crippen LogP contribution in [0.5, 0.6) is 23.0 Å². The van der Waals surface area contributed by atoms with Crippen LogP contribution in [0.1, 0.15) is 42.5 Å². The lowest BCUT2D eigenvalue weighted by Crippen LogP contribution is -2.32. The van der Waals surface area contributed by atoms with Gasteiger partial charge in [0.1, 0.15) is 11.5 Å². The van der Waals surface area contributed by atoms with Crippen molar-refractivity contribution in [1.29, 1.82) is 0 Å². The molecule has 0 aliphatic carbocycles. The van der Waals surface area contributed by atoms with Crippen LogP contribution in [-0.4, -0.2) is 30.1 Å². The van der Waals surface area contributed by atoms with Crippen LogP contribution in [-0.2, 0) is 9.59 Å². The van der Waals surface area contributed by atoms with Crippen LogP contribution >= 0.6 is 11.6 Å². The van der Waals surface area contributed by atoms with Crippen LogP contribution in [0, 0.1) is 27.7 Å². The molecule has 0 bridgehead atoms. The van der Waals surface area contributed by atoms with Gasteiger partial charge in [0, 0.05) is 25.6 Å². The number of benzene rings is 3. The SMILES string of the molecule is CCC(Oc1ccc(C)cc1C)C(=O)Nc1cc(Oc2ccc(C)cc2N(C)C(C)=O)c(C)c(Cl)c1O. The number of hydrogen-bond acceptors (Lipinski definition) is 5. The van der Waals surface area contributed by atoms with Crippen LogP contribution in [0.3, 0.4) is 0 Å². The van der Waals surface area contributed by atoms with E-state index in [1.54, 1.807) is 20.0 Å². The summed E-state index contributed by atoms with van der Waals surface area (Å²) in [6.45, 7) is 10.8. The maximum atomic E-state index is 13.1. The van der Waals surface area contributed by atoms with Crippen molar-refractivity contribution in [2.45, 2.75) is 54.1 Å². The van der Waals surface area contributed by atoms with E-state index in [0.29, 0.717) is 34.9 Å². The zero-order valence-electron chi connectivity index (χ0n) is 22.2. The Hall–Kier alpha value is -3.71. The molecule has 1 atom stereocenters. The summed E-state index contributed by atoms with van der Waals surface area (Å²) in [4.78, 5) is 26.6. The molecule has 7 nitrogen and oxygen atoms in total. The first-order chi connectivity index (χ1) is 17.4. The van der Waals surface area contributed by atoms with Gasteiger partial charge in [-0.05, 0) is 63.4 Å². The van der Waals surface area contributed by atoms with E-state index < -0.39 is 12.0 Å². The van der Waals surface area contributed by atoms with Crippen molar-refractivity contribution in [3.05, 3.63) is 69.7 Å². The van der Waals surface area contributed by atoms with Crippen molar-refractivity contribution in [2.75, 3.05) is 17.3 Å². The van der Waals surface area contributed by atoms with Gasteiger partial charge in [-0.1, -0.05) is 42.3 Å². The van der Waals surface area contributed by atoms with E-state index in [0.717, 1.165) is 16.7 Å². The Labute approximate surface area is 223 Å². The summed E-state index contributed by atoms with van der Waals surface area (Å²) < 4.78 is 12.1. The predicted octanol–water partition coefficient (Wildman–Crippen LogP) is 6.85. The van der Waals surface area contributed by atoms with Crippen LogP contribution in [0.2, 0.25) is 5.02 Å². The summed E-state index contributed by atoms with van der Waals surface area (Å²) in [5.74, 6) is 0.503. The minimum absolute atomic E-state index is 0.0460. The molecule has 0 saturated heterocycles. The fraction of sp³-hybridized carbons (Fsp3) is 0.310. The molecular weight excluding hydrogens is 492 g/mol. The summed E-state index contributed by atoms with van der Waals surface area (Å²) in [6, 6.07) is 12.7. The third-order valence-corrected chi connectivity index (χ3v) is 6.59. The molecule has 37 heavy (non-hydrogen) atoms. The number of phenols is 1. The van der Waals surface area contributed by atoms with Crippen molar-refractivity contribution < 1.29 is 24.2 Å². The molecule has 2 N–H and O–H groups in total. The zero-order chi connectivity index (χ0) is 27.4. The Morgan fingerprint density at radius 1 is 1.00 bits per heavy atom. The van der Waals surface area contributed by atoms with Gasteiger partial charge in [-0.15, -0.1) is 0 Å². The van der Waals surface area contributed by atoms with Crippen LogP contribution < -0.4 is 19.7 Å². The first kappa shape index (κ1) is 27.9. The maximum Gasteiger partial charge on any atom is 0.265 e. The van der Waals surface area contributed by atoms with Gasteiger partial charge in [-0.2, -0.15) is 0 Å². The Bertz CT molecular complexity index is 1340. The van der Waals surface area contributed by atoms with E-state index in [1.165, 1.54) is 17.9 Å². The van der Waals surface area contributed by atoms with Gasteiger partial charge in [0.05, 0.1) is 16.4 Å². The molecule has 0 aliphatic heterocycles. The van der Waals surface area contributed by atoms with Crippen molar-refractivity contribution >= 4 is 34.8 Å². The molecule has 2 amide bonds. The van der Waals surface area contributed by atoms with Gasteiger partial charge in [-0.25, -0.2) is 0 Å². The molecule has 196 valence electrons. The monoisotopic (exact) mass is 524 g/mol. The smallest absolute Gasteiger partial charge is 0.265 e. The summed E-state index contributed by atoms with van der Waals surface area (Å²) in [5.41, 5.74) is 4.13. The number of rotatable bonds is 8. The number of hydrogen-bond donors (Lipinski definition) is 2. The Kier molecular flexibility index (Phi) is 8.71. The number of phenolic OH excluding ortho intramolecular Hbond substituents is 1. The molecule has 0 radical (unpaired) electrons. The molecule has 1 unspecified atom stereocenters. The molecule has 0 saturated carbocycles. The van der Waals surface area contributed by atoms with Crippen molar-refractivity contribution in [3.8, 4) is 23.0 Å². The van der Waals surface area contributed by atoms with E-state index in [-0.39, 0.29) is 22.4 Å². The van der Waals surface area contributed by atoms with Gasteiger partial charge >= 0.3 is 0 Å². The number of halogens is 1. The number of aryl methyl sites for hydroxylation is 3. The molecule has 3 rings (SSSR count). The highest BCUT2D eigenvalue weighted by molar-refractivity contribution is 6.33. The molecule has 8 heteroatoms. The number of ether oxygens (including phenoxy) is 2. The summed E-state index contributed by atoms with van der Waals surface area (Å²) in [7, 11) is 1.66. The summed E-state index contributed by atoms with van der Waals surface area (Å²) in [6.07, 6.45) is -0.384. The number of carbonyl (C=O) groups is 2. The summed E-state index contributed by atoms with van der Waals surface area (Å²) >= 11 is 6.42. The van der Waals surface area contributed by atoms with Crippen molar-refractivity contribution in [1.82, 2.24) is 0 Å². The Morgan fingerprint density at radius 3 is 2.22 bits per heavy atom. The number of carbonyl (C=O) groups excluding carboxylic acids is 2. The van der Waals surface area contributed by atoms with Gasteiger partial charge in [0.15, 0.2) is 17.6 Å². The van der Waals surface area contributed by atoms with Crippen molar-refractivity contribution in [3.63, 3.8) is 0 Å². The largest absolute Gasteiger partial charge is 0.504 e. The number of amides is 2. The van der Waals surface area contributed by atoms with E-state index in [1.807, 2.05) is 58.0 Å². The third kappa shape index (κ3) is 6.35. The fourth-order valence-corrected chi connectivity index (χ4v) is 3.99. The van der Waals surface area contributed by atoms with E-state index in [9.17, 15) is 14.7 Å². The molecular formula is C29H33ClN2O5. The minimum atomic E-state index is -0.793. The Morgan fingerprint density at radius 2 is 1.62 bits per heavy atom. The normalized spacial score (nSPS) is 11.6. The second-order valence-corrected chi connectivity index (χ2v) is 9.51. The average Bonchev–Trinajstić information content (AvgIpc) is 2.85. The average molecular weight is 525 g/mol. The predicted molar refractivity (Wildman–Crippen MR) is 147 cm³/mol. The second-order valence-electron chi connectivity index (χ2n) is 9.13. The lowest BCUT2D eigenvalue weighted by Gasteiger charge is -2.22. The summed E-state index contributed by atoms with van der Waals surface area (Å²) in [5, 5.41) is 13.5. The van der Waals surface area contributed by atoms with Crippen molar-refractivity contribution in [2.24, 2.45) is 0 Å². The van der Waals surface area contributed by atoms with Crippen LogP contribution in [0.25, 0.3) is 0 Å². The van der Waals surface area contributed by atoms with Crippen LogP contribution in [0.15, 0.2) is 42.5 Å². The van der Waals surface area contributed by atoms with E-state index in [2.05, 4.69) is 5.32 Å². The highest BCUT2D eigenvalue weighted by Gasteiger charge is 2.24. The molecule has 3 aromatic carbocycles. The highest BCUT2D eigenvalue weighted by atomic mass is 35.5. The number of nitrogens with one attached hydrogen (secondary N) is 1. The molecule has 0 fully saturated rings. The Balaban J connectivity index is 1.92. The first-order valence-electron chi connectivity index (χ1n) is 12.0. The molecule has 0 aliphatic rings. The first-order valence-corrected chi connectivity index (χ1v) is 12.4. The number of aromatic hydroxyl groups is 1. The van der Waals surface area contributed by atoms with Gasteiger partial charge in [0.25, 0.3) is 5.91 Å². The third-order valence-electron chi connectivity index (χ3n) is 6.13. The fourth-order valence-electron chi connectivity index (χ4n) is 3.80. The number of nitrogens with zero attached hydrogens (tertiary/aromatic N) is 1. The lowest BCUT2D eigenvalue weighted by molar-refractivity contribution is -0.122. The molecule has 0 heterocycles. The van der Waals surface area contributed by atoms with E-state index >= 15 is 0 Å². The minimum Gasteiger partial charge on any atom is -0.504 e. The van der Waals surface area contributed by atoms with E-state index in [4.69, 9.17) is 21.1 Å². The zero-order valence-corrected chi connectivity index (χ0v) is 23.0. The molecule has 3 aromatic rings. The second kappa shape index (κ2) is 11.6. The highest BCUT2D eigenvalue weighted by Crippen LogP contribution is 2.43. The standard InChI is InChI=1S/C29H33ClN2O5/c1-8-23(36-24-11-9-16(2)13-18(24)4)29(35)31-21-15-26(19(5)27(30)28(21)34)37-25-12-10-17(3)14-22(25)32(7)20(6)33/h9-15,23,34H,8H2,1-7H3,(H,31,35). The number of anilines is 2. The van der Waals surface area contributed by atoms with Gasteiger partial charge in [0.2, 0.25) is 5.91 Å². The van der Waals surface area contributed by atoms with Crippen LogP contribution in [0.4, 0.5) is 11.4 Å². The topological polar surface area (TPSA) is 88.1 Å². The molecule has 0 spiro atoms. The molecule has 0 aromatic heterocycles. The van der Waals surface area contributed by atoms with Gasteiger partial charge < -0.3 is 24.8 Å². The lowest BCUT2D eigenvalue weighted by atomic mass is 10.1. The quantitative estimate of drug-likeness (QED) is 0.314. The maximum absolute atomic E-state index is 13.1.